The molecule has 0 saturated heterocycles. The zero-order chi connectivity index (χ0) is 17.5. The minimum absolute atomic E-state index is 0.0222. The van der Waals surface area contributed by atoms with E-state index in [2.05, 4.69) is 5.32 Å². The maximum atomic E-state index is 11.2. The maximum absolute atomic E-state index is 11.2. The van der Waals surface area contributed by atoms with Gasteiger partial charge in [0.1, 0.15) is 5.75 Å². The molecule has 0 saturated carbocycles. The largest absolute Gasteiger partial charge is 0.507 e. The molecule has 1 amide bonds. The maximum Gasteiger partial charge on any atom is 0.252 e. The normalized spacial score (nSPS) is 13.4. The van der Waals surface area contributed by atoms with Gasteiger partial charge in [0.15, 0.2) is 0 Å². The van der Waals surface area contributed by atoms with Gasteiger partial charge in [-0.25, -0.2) is 0 Å². The zero-order valence-electron chi connectivity index (χ0n) is 13.2. The highest BCUT2D eigenvalue weighted by Crippen LogP contribution is 2.22. The van der Waals surface area contributed by atoms with Crippen LogP contribution in [0.15, 0.2) is 48.5 Å². The van der Waals surface area contributed by atoms with E-state index in [0.717, 1.165) is 5.56 Å². The SMILES string of the molecule is NC(=O)c1cc([C@@H](O)CNCC[C@H](O)c2ccccc2)ccc1O. The predicted molar refractivity (Wildman–Crippen MR) is 90.5 cm³/mol. The van der Waals surface area contributed by atoms with E-state index in [1.54, 1.807) is 0 Å². The third-order valence-electron chi connectivity index (χ3n) is 3.79. The summed E-state index contributed by atoms with van der Waals surface area (Å²) in [6.07, 6.45) is -0.901. The molecule has 0 fully saturated rings. The van der Waals surface area contributed by atoms with Crippen molar-refractivity contribution in [3.05, 3.63) is 65.2 Å². The molecule has 2 rings (SSSR count). The molecular formula is C18H22N2O4. The van der Waals surface area contributed by atoms with Crippen LogP contribution in [0.3, 0.4) is 0 Å². The smallest absolute Gasteiger partial charge is 0.252 e. The average Bonchev–Trinajstić information content (AvgIpc) is 2.59. The van der Waals surface area contributed by atoms with Crippen LogP contribution in [0.2, 0.25) is 0 Å². The minimum atomic E-state index is -0.849. The fourth-order valence-corrected chi connectivity index (χ4v) is 2.40. The number of rotatable bonds is 8. The van der Waals surface area contributed by atoms with Crippen molar-refractivity contribution in [2.75, 3.05) is 13.1 Å². The van der Waals surface area contributed by atoms with Gasteiger partial charge in [0, 0.05) is 6.54 Å². The van der Waals surface area contributed by atoms with Crippen LogP contribution in [-0.4, -0.2) is 34.3 Å². The Kier molecular flexibility index (Phi) is 6.31. The second-order valence-electron chi connectivity index (χ2n) is 5.58. The molecule has 6 heteroatoms. The standard InChI is InChI=1S/C18H22N2O4/c19-18(24)14-10-13(6-7-16(14)22)17(23)11-20-9-8-15(21)12-4-2-1-3-5-12/h1-7,10,15,17,20-23H,8-9,11H2,(H2,19,24)/t15-,17-/m0/s1. The van der Waals surface area contributed by atoms with Crippen molar-refractivity contribution < 1.29 is 20.1 Å². The number of carbonyl (C=O) groups is 1. The van der Waals surface area contributed by atoms with Crippen LogP contribution in [0, 0.1) is 0 Å². The molecule has 0 heterocycles. The van der Waals surface area contributed by atoms with E-state index < -0.39 is 18.1 Å². The first kappa shape index (κ1) is 17.9. The third-order valence-corrected chi connectivity index (χ3v) is 3.79. The number of nitrogens with two attached hydrogens (primary N) is 1. The summed E-state index contributed by atoms with van der Waals surface area (Å²) in [5.41, 5.74) is 6.48. The molecule has 0 spiro atoms. The van der Waals surface area contributed by atoms with Crippen LogP contribution in [-0.2, 0) is 0 Å². The number of primary amides is 1. The van der Waals surface area contributed by atoms with Gasteiger partial charge in [-0.3, -0.25) is 4.79 Å². The van der Waals surface area contributed by atoms with Crippen molar-refractivity contribution >= 4 is 5.91 Å². The number of phenols is 1. The van der Waals surface area contributed by atoms with Crippen molar-refractivity contribution in [3.63, 3.8) is 0 Å². The van der Waals surface area contributed by atoms with Gasteiger partial charge in [-0.15, -0.1) is 0 Å². The fraction of sp³-hybridized carbons (Fsp3) is 0.278. The van der Waals surface area contributed by atoms with Crippen LogP contribution in [0.4, 0.5) is 0 Å². The van der Waals surface area contributed by atoms with E-state index >= 15 is 0 Å². The minimum Gasteiger partial charge on any atom is -0.507 e. The number of nitrogens with one attached hydrogen (secondary N) is 1. The first-order chi connectivity index (χ1) is 11.5. The van der Waals surface area contributed by atoms with Crippen LogP contribution < -0.4 is 11.1 Å². The monoisotopic (exact) mass is 330 g/mol. The Hall–Kier alpha value is -2.41. The Balaban J connectivity index is 1.82. The van der Waals surface area contributed by atoms with E-state index in [1.165, 1.54) is 18.2 Å². The summed E-state index contributed by atoms with van der Waals surface area (Å²) >= 11 is 0. The van der Waals surface area contributed by atoms with E-state index in [4.69, 9.17) is 5.73 Å². The zero-order valence-corrected chi connectivity index (χ0v) is 13.2. The number of hydrogen-bond acceptors (Lipinski definition) is 5. The molecule has 0 bridgehead atoms. The Bertz CT molecular complexity index is 676. The van der Waals surface area contributed by atoms with Gasteiger partial charge in [-0.05, 0) is 36.2 Å². The van der Waals surface area contributed by atoms with Crippen molar-refractivity contribution in [2.45, 2.75) is 18.6 Å². The number of hydrogen-bond donors (Lipinski definition) is 5. The number of aliphatic hydroxyl groups is 2. The molecule has 0 unspecified atom stereocenters. The lowest BCUT2D eigenvalue weighted by atomic mass is 10.0. The second-order valence-corrected chi connectivity index (χ2v) is 5.58. The van der Waals surface area contributed by atoms with Crippen molar-refractivity contribution in [2.24, 2.45) is 5.73 Å². The molecule has 0 aliphatic carbocycles. The number of aliphatic hydroxyl groups excluding tert-OH is 2. The lowest BCUT2D eigenvalue weighted by Gasteiger charge is -2.15. The first-order valence-corrected chi connectivity index (χ1v) is 7.73. The Morgan fingerprint density at radius 1 is 1.04 bits per heavy atom. The molecule has 6 nitrogen and oxygen atoms in total. The number of benzene rings is 2. The second kappa shape index (κ2) is 8.44. The highest BCUT2D eigenvalue weighted by Gasteiger charge is 2.13. The van der Waals surface area contributed by atoms with E-state index in [0.29, 0.717) is 18.5 Å². The van der Waals surface area contributed by atoms with Gasteiger partial charge in [0.25, 0.3) is 5.91 Å². The van der Waals surface area contributed by atoms with Crippen LogP contribution in [0.1, 0.15) is 40.1 Å². The van der Waals surface area contributed by atoms with Crippen LogP contribution in [0.25, 0.3) is 0 Å². The average molecular weight is 330 g/mol. The van der Waals surface area contributed by atoms with E-state index in [9.17, 15) is 20.1 Å². The number of amides is 1. The molecular weight excluding hydrogens is 308 g/mol. The summed E-state index contributed by atoms with van der Waals surface area (Å²) in [7, 11) is 0. The summed E-state index contributed by atoms with van der Waals surface area (Å²) in [6, 6.07) is 13.6. The van der Waals surface area contributed by atoms with Crippen molar-refractivity contribution in [3.8, 4) is 5.75 Å². The molecule has 0 aliphatic rings. The Labute approximate surface area is 140 Å². The Morgan fingerprint density at radius 3 is 2.42 bits per heavy atom. The van der Waals surface area contributed by atoms with Crippen molar-refractivity contribution in [1.82, 2.24) is 5.32 Å². The molecule has 0 aromatic heterocycles. The third kappa shape index (κ3) is 4.79. The molecule has 128 valence electrons. The first-order valence-electron chi connectivity index (χ1n) is 7.73. The molecule has 2 aromatic rings. The lowest BCUT2D eigenvalue weighted by Crippen LogP contribution is -2.24. The van der Waals surface area contributed by atoms with E-state index in [-0.39, 0.29) is 17.9 Å². The molecule has 0 aliphatic heterocycles. The molecule has 2 aromatic carbocycles. The molecule has 2 atom stereocenters. The number of carbonyl (C=O) groups excluding carboxylic acids is 1. The van der Waals surface area contributed by atoms with Gasteiger partial charge in [-0.2, -0.15) is 0 Å². The summed E-state index contributed by atoms with van der Waals surface area (Å²) < 4.78 is 0. The van der Waals surface area contributed by atoms with Gasteiger partial charge in [0.05, 0.1) is 17.8 Å². The summed E-state index contributed by atoms with van der Waals surface area (Å²) in [5.74, 6) is -0.960. The fourth-order valence-electron chi connectivity index (χ4n) is 2.40. The molecule has 0 radical (unpaired) electrons. The molecule has 24 heavy (non-hydrogen) atoms. The topological polar surface area (TPSA) is 116 Å². The summed E-state index contributed by atoms with van der Waals surface area (Å²) in [4.78, 5) is 11.2. The van der Waals surface area contributed by atoms with E-state index in [1.807, 2.05) is 30.3 Å². The summed E-state index contributed by atoms with van der Waals surface area (Å²) in [5, 5.41) is 32.8. The number of aromatic hydroxyl groups is 1. The van der Waals surface area contributed by atoms with Gasteiger partial charge in [0.2, 0.25) is 0 Å². The lowest BCUT2D eigenvalue weighted by molar-refractivity contribution is 0.0997. The predicted octanol–water partition coefficient (Wildman–Crippen LogP) is 1.24. The van der Waals surface area contributed by atoms with Crippen LogP contribution in [0.5, 0.6) is 5.75 Å². The Morgan fingerprint density at radius 2 is 1.75 bits per heavy atom. The highest BCUT2D eigenvalue weighted by molar-refractivity contribution is 5.95. The summed E-state index contributed by atoms with van der Waals surface area (Å²) in [6.45, 7) is 0.776. The van der Waals surface area contributed by atoms with Gasteiger partial charge >= 0.3 is 0 Å². The quantitative estimate of drug-likeness (QED) is 0.467. The van der Waals surface area contributed by atoms with Crippen LogP contribution >= 0.6 is 0 Å². The molecule has 6 N–H and O–H groups in total. The van der Waals surface area contributed by atoms with Crippen molar-refractivity contribution in [1.29, 1.82) is 0 Å². The highest BCUT2D eigenvalue weighted by atomic mass is 16.3. The van der Waals surface area contributed by atoms with Gasteiger partial charge in [-0.1, -0.05) is 36.4 Å². The van der Waals surface area contributed by atoms with Gasteiger partial charge < -0.3 is 26.4 Å².